The van der Waals surface area contributed by atoms with Crippen molar-refractivity contribution in [3.8, 4) is 11.5 Å². The molecule has 1 aromatic heterocycles. The number of rotatable bonds is 9. The maximum atomic E-state index is 15.2. The van der Waals surface area contributed by atoms with E-state index in [1.807, 2.05) is 13.8 Å². The number of anilines is 1. The number of aliphatic carboxylic acids is 1. The molecule has 8 nitrogen and oxygen atoms in total. The van der Waals surface area contributed by atoms with Crippen LogP contribution < -0.4 is 14.8 Å². The topological polar surface area (TPSA) is 101 Å². The second-order valence-corrected chi connectivity index (χ2v) is 8.28. The number of amides is 1. The average Bonchev–Trinajstić information content (AvgIpc) is 3.07. The number of carbonyl (C=O) groups is 2. The number of fused-ring (bicyclic) bond motifs is 1. The summed E-state index contributed by atoms with van der Waals surface area (Å²) in [5, 5.41) is 11.9. The lowest BCUT2D eigenvalue weighted by Crippen LogP contribution is -2.31. The van der Waals surface area contributed by atoms with E-state index in [1.165, 1.54) is 19.1 Å². The van der Waals surface area contributed by atoms with Crippen molar-refractivity contribution in [1.29, 1.82) is 0 Å². The molecule has 1 aliphatic heterocycles. The van der Waals surface area contributed by atoms with E-state index in [2.05, 4.69) is 10.3 Å². The lowest BCUT2D eigenvalue weighted by atomic mass is 10.0. The van der Waals surface area contributed by atoms with E-state index < -0.39 is 23.7 Å². The Morgan fingerprint density at radius 2 is 2.06 bits per heavy atom. The number of carboxylic acid groups (broad SMARTS) is 1. The minimum Gasteiger partial charge on any atom is -0.497 e. The molecule has 1 aromatic carbocycles. The van der Waals surface area contributed by atoms with Gasteiger partial charge in [-0.3, -0.25) is 4.79 Å². The maximum absolute atomic E-state index is 15.2. The van der Waals surface area contributed by atoms with E-state index in [-0.39, 0.29) is 47.5 Å². The summed E-state index contributed by atoms with van der Waals surface area (Å²) in [6.07, 6.45) is 0.271. The van der Waals surface area contributed by atoms with Gasteiger partial charge in [0.25, 0.3) is 5.91 Å². The molecule has 0 unspecified atom stereocenters. The maximum Gasteiger partial charge on any atom is 0.326 e. The molecule has 1 atom stereocenters. The highest BCUT2D eigenvalue weighted by Gasteiger charge is 2.36. The fraction of sp³-hybridized carbons (Fsp3) is 0.409. The largest absolute Gasteiger partial charge is 0.497 e. The van der Waals surface area contributed by atoms with Crippen LogP contribution in [0, 0.1) is 11.7 Å². The van der Waals surface area contributed by atoms with Crippen LogP contribution in [0.3, 0.4) is 0 Å². The molecule has 0 bridgehead atoms. The zero-order valence-electron chi connectivity index (χ0n) is 18.2. The number of benzene rings is 1. The first-order valence-corrected chi connectivity index (χ1v) is 10.4. The van der Waals surface area contributed by atoms with Crippen molar-refractivity contribution in [1.82, 2.24) is 9.88 Å². The Morgan fingerprint density at radius 1 is 1.34 bits per heavy atom. The van der Waals surface area contributed by atoms with E-state index in [0.717, 1.165) is 0 Å². The van der Waals surface area contributed by atoms with Crippen molar-refractivity contribution in [2.75, 3.05) is 19.5 Å². The predicted molar refractivity (Wildman–Crippen MR) is 117 cm³/mol. The lowest BCUT2D eigenvalue weighted by Gasteiger charge is -2.18. The Bertz CT molecular complexity index is 1050. The molecule has 3 rings (SSSR count). The van der Waals surface area contributed by atoms with E-state index in [1.54, 1.807) is 18.2 Å². The normalized spacial score (nSPS) is 13.8. The third-order valence-electron chi connectivity index (χ3n) is 5.21. The van der Waals surface area contributed by atoms with Gasteiger partial charge >= 0.3 is 5.97 Å². The quantitative estimate of drug-likeness (QED) is 0.540. The summed E-state index contributed by atoms with van der Waals surface area (Å²) >= 11 is 6.22. The van der Waals surface area contributed by atoms with Gasteiger partial charge in [0, 0.05) is 23.7 Å². The minimum absolute atomic E-state index is 0.0158. The fourth-order valence-electron chi connectivity index (χ4n) is 3.64. The van der Waals surface area contributed by atoms with Gasteiger partial charge in [-0.2, -0.15) is 0 Å². The van der Waals surface area contributed by atoms with Gasteiger partial charge < -0.3 is 24.8 Å². The summed E-state index contributed by atoms with van der Waals surface area (Å²) in [6.45, 7) is 3.85. The van der Waals surface area contributed by atoms with Crippen LogP contribution in [-0.2, 0) is 17.9 Å². The molecule has 0 saturated carbocycles. The lowest BCUT2D eigenvalue weighted by molar-refractivity contribution is -0.138. The highest BCUT2D eigenvalue weighted by molar-refractivity contribution is 6.33. The van der Waals surface area contributed by atoms with Gasteiger partial charge in [0.15, 0.2) is 11.6 Å². The van der Waals surface area contributed by atoms with Gasteiger partial charge in [-0.25, -0.2) is 14.2 Å². The molecule has 0 fully saturated rings. The van der Waals surface area contributed by atoms with E-state index in [4.69, 9.17) is 21.1 Å². The molecular weight excluding hydrogens is 441 g/mol. The number of pyridine rings is 1. The molecule has 32 heavy (non-hydrogen) atoms. The molecule has 0 spiro atoms. The van der Waals surface area contributed by atoms with Crippen molar-refractivity contribution >= 4 is 29.3 Å². The Hall–Kier alpha value is -3.07. The first kappa shape index (κ1) is 23.6. The van der Waals surface area contributed by atoms with Crippen LogP contribution in [0.4, 0.5) is 10.2 Å². The zero-order valence-corrected chi connectivity index (χ0v) is 19.0. The first-order chi connectivity index (χ1) is 15.2. The number of nitrogens with zero attached hydrogens (tertiary/aromatic N) is 2. The summed E-state index contributed by atoms with van der Waals surface area (Å²) in [7, 11) is 3.04. The third kappa shape index (κ3) is 4.72. The number of methoxy groups -OCH3 is 2. The Labute approximate surface area is 190 Å². The van der Waals surface area contributed by atoms with Crippen molar-refractivity contribution in [2.45, 2.75) is 39.4 Å². The molecular formula is C22H25ClFN3O5. The second-order valence-electron chi connectivity index (χ2n) is 7.92. The molecule has 2 heterocycles. The molecule has 0 radical (unpaired) electrons. The summed E-state index contributed by atoms with van der Waals surface area (Å²) in [4.78, 5) is 29.9. The standard InChI is InChI=1S/C22H25ClFN3O5/c1-11(2)7-15(22(29)30)25-20-18(24)14-10-27(21(28)17(14)19(23)26-20)9-12-5-6-13(31-3)8-16(12)32-4/h5-6,8,11,15H,7,9-10H2,1-4H3,(H,25,26)(H,29,30)/t15-/m1/s1. The van der Waals surface area contributed by atoms with Crippen LogP contribution >= 0.6 is 11.6 Å². The molecule has 1 amide bonds. The highest BCUT2D eigenvalue weighted by Crippen LogP contribution is 2.35. The van der Waals surface area contributed by atoms with Crippen molar-refractivity contribution in [3.63, 3.8) is 0 Å². The van der Waals surface area contributed by atoms with Gasteiger partial charge in [0.2, 0.25) is 0 Å². The molecule has 0 saturated heterocycles. The van der Waals surface area contributed by atoms with Crippen LogP contribution in [0.5, 0.6) is 11.5 Å². The summed E-state index contributed by atoms with van der Waals surface area (Å²) < 4.78 is 25.8. The first-order valence-electron chi connectivity index (χ1n) is 10.0. The number of carboxylic acids is 1. The van der Waals surface area contributed by atoms with E-state index in [9.17, 15) is 14.7 Å². The molecule has 2 aromatic rings. The van der Waals surface area contributed by atoms with Crippen LogP contribution in [0.2, 0.25) is 5.15 Å². The number of nitrogens with one attached hydrogen (secondary N) is 1. The SMILES string of the molecule is COc1ccc(CN2Cc3c(F)c(N[C@H](CC(C)C)C(=O)O)nc(Cl)c3C2=O)c(OC)c1. The van der Waals surface area contributed by atoms with Crippen LogP contribution in [-0.4, -0.2) is 47.1 Å². The van der Waals surface area contributed by atoms with Crippen molar-refractivity contribution in [2.24, 2.45) is 5.92 Å². The fourth-order valence-corrected chi connectivity index (χ4v) is 3.92. The Balaban J connectivity index is 1.89. The monoisotopic (exact) mass is 465 g/mol. The number of halogens is 2. The van der Waals surface area contributed by atoms with Gasteiger partial charge in [0.05, 0.1) is 26.3 Å². The molecule has 1 aliphatic rings. The zero-order chi connectivity index (χ0) is 23.6. The minimum atomic E-state index is -1.12. The van der Waals surface area contributed by atoms with Crippen LogP contribution in [0.15, 0.2) is 18.2 Å². The van der Waals surface area contributed by atoms with Gasteiger partial charge in [-0.05, 0) is 24.5 Å². The molecule has 0 aliphatic carbocycles. The third-order valence-corrected chi connectivity index (χ3v) is 5.49. The highest BCUT2D eigenvalue weighted by atomic mass is 35.5. The van der Waals surface area contributed by atoms with Gasteiger partial charge in [0.1, 0.15) is 22.7 Å². The van der Waals surface area contributed by atoms with Gasteiger partial charge in [-0.15, -0.1) is 0 Å². The smallest absolute Gasteiger partial charge is 0.326 e. The van der Waals surface area contributed by atoms with Crippen LogP contribution in [0.25, 0.3) is 0 Å². The second kappa shape index (κ2) is 9.60. The van der Waals surface area contributed by atoms with E-state index in [0.29, 0.717) is 17.1 Å². The summed E-state index contributed by atoms with van der Waals surface area (Å²) in [5.41, 5.74) is 0.775. The molecule has 10 heteroatoms. The number of carbonyl (C=O) groups excluding carboxylic acids is 1. The predicted octanol–water partition coefficient (Wildman–Crippen LogP) is 3.96. The Kier molecular flexibility index (Phi) is 7.08. The number of hydrogen-bond acceptors (Lipinski definition) is 6. The summed E-state index contributed by atoms with van der Waals surface area (Å²) in [5.74, 6) is -1.45. The average molecular weight is 466 g/mol. The van der Waals surface area contributed by atoms with Crippen molar-refractivity contribution < 1.29 is 28.6 Å². The number of hydrogen-bond donors (Lipinski definition) is 2. The number of ether oxygens (including phenoxy) is 2. The number of aromatic nitrogens is 1. The molecule has 2 N–H and O–H groups in total. The Morgan fingerprint density at radius 3 is 2.66 bits per heavy atom. The van der Waals surface area contributed by atoms with E-state index >= 15 is 4.39 Å². The van der Waals surface area contributed by atoms with Crippen LogP contribution in [0.1, 0.15) is 41.8 Å². The molecule has 172 valence electrons. The summed E-state index contributed by atoms with van der Waals surface area (Å²) in [6, 6.07) is 4.16. The van der Waals surface area contributed by atoms with Gasteiger partial charge in [-0.1, -0.05) is 25.4 Å². The van der Waals surface area contributed by atoms with Crippen molar-refractivity contribution in [3.05, 3.63) is 45.9 Å².